The summed E-state index contributed by atoms with van der Waals surface area (Å²) in [5, 5.41) is 1.02. The minimum absolute atomic E-state index is 0.205. The van der Waals surface area contributed by atoms with Crippen molar-refractivity contribution >= 4 is 32.8 Å². The van der Waals surface area contributed by atoms with Crippen LogP contribution in [0.15, 0.2) is 59.2 Å². The predicted octanol–water partition coefficient (Wildman–Crippen LogP) is 4.38. The first kappa shape index (κ1) is 14.7. The molecule has 0 radical (unpaired) electrons. The Bertz CT molecular complexity index is 831. The van der Waals surface area contributed by atoms with E-state index in [1.54, 1.807) is 6.20 Å². The number of rotatable bonds is 3. The molecule has 2 aromatic carbocycles. The van der Waals surface area contributed by atoms with Gasteiger partial charge < -0.3 is 4.74 Å². The van der Waals surface area contributed by atoms with E-state index in [9.17, 15) is 4.79 Å². The molecule has 22 heavy (non-hydrogen) atoms. The molecule has 0 N–H and O–H groups in total. The topological polar surface area (TPSA) is 39.2 Å². The van der Waals surface area contributed by atoms with E-state index in [-0.39, 0.29) is 12.4 Å². The van der Waals surface area contributed by atoms with Crippen molar-refractivity contribution in [2.24, 2.45) is 0 Å². The van der Waals surface area contributed by atoms with Gasteiger partial charge in [-0.2, -0.15) is 0 Å². The zero-order valence-corrected chi connectivity index (χ0v) is 13.6. The van der Waals surface area contributed by atoms with Crippen LogP contribution in [0.5, 0.6) is 0 Å². The van der Waals surface area contributed by atoms with Gasteiger partial charge in [-0.1, -0.05) is 42.5 Å². The average molecular weight is 356 g/mol. The Balaban J connectivity index is 2.29. The van der Waals surface area contributed by atoms with Crippen molar-refractivity contribution in [2.75, 3.05) is 7.11 Å². The molecule has 0 atom stereocenters. The molecule has 1 heterocycles. The lowest BCUT2D eigenvalue weighted by Gasteiger charge is -2.13. The van der Waals surface area contributed by atoms with Gasteiger partial charge in [-0.15, -0.1) is 0 Å². The molecule has 0 spiro atoms. The minimum Gasteiger partial charge on any atom is -0.469 e. The number of benzene rings is 2. The van der Waals surface area contributed by atoms with E-state index >= 15 is 0 Å². The maximum Gasteiger partial charge on any atom is 0.310 e. The van der Waals surface area contributed by atoms with E-state index in [4.69, 9.17) is 4.74 Å². The number of fused-ring (bicyclic) bond motifs is 1. The van der Waals surface area contributed by atoms with Crippen LogP contribution >= 0.6 is 15.9 Å². The van der Waals surface area contributed by atoms with Gasteiger partial charge in [-0.3, -0.25) is 9.78 Å². The van der Waals surface area contributed by atoms with E-state index in [0.29, 0.717) is 0 Å². The van der Waals surface area contributed by atoms with Gasteiger partial charge in [0.05, 0.1) is 19.0 Å². The molecule has 3 rings (SSSR count). The van der Waals surface area contributed by atoms with Crippen molar-refractivity contribution in [2.45, 2.75) is 6.42 Å². The normalized spacial score (nSPS) is 10.6. The number of aromatic nitrogens is 1. The molecule has 0 aliphatic rings. The van der Waals surface area contributed by atoms with Crippen molar-refractivity contribution in [1.29, 1.82) is 0 Å². The molecule has 1 aromatic heterocycles. The Kier molecular flexibility index (Phi) is 4.20. The van der Waals surface area contributed by atoms with Crippen molar-refractivity contribution in [3.63, 3.8) is 0 Å². The molecule has 0 aliphatic carbocycles. The Hall–Kier alpha value is -2.20. The van der Waals surface area contributed by atoms with Crippen molar-refractivity contribution < 1.29 is 9.53 Å². The number of carbonyl (C=O) groups is 1. The quantitative estimate of drug-likeness (QED) is 0.654. The zero-order chi connectivity index (χ0) is 15.5. The van der Waals surface area contributed by atoms with Crippen LogP contribution in [0.2, 0.25) is 0 Å². The molecule has 0 bridgehead atoms. The minimum atomic E-state index is -0.270. The number of hydrogen-bond acceptors (Lipinski definition) is 3. The monoisotopic (exact) mass is 355 g/mol. The van der Waals surface area contributed by atoms with Crippen LogP contribution in [0.1, 0.15) is 5.56 Å². The summed E-state index contributed by atoms with van der Waals surface area (Å²) in [6.45, 7) is 0. The number of halogens is 1. The SMILES string of the molecule is COC(=O)Cc1cnc2c(Br)cccc2c1-c1ccccc1. The van der Waals surface area contributed by atoms with Gasteiger partial charge >= 0.3 is 5.97 Å². The van der Waals surface area contributed by atoms with Crippen LogP contribution in [0.25, 0.3) is 22.0 Å². The number of para-hydroxylation sites is 1. The molecule has 0 aliphatic heterocycles. The second-order valence-corrected chi connectivity index (χ2v) is 5.77. The van der Waals surface area contributed by atoms with Crippen molar-refractivity contribution in [3.8, 4) is 11.1 Å². The largest absolute Gasteiger partial charge is 0.469 e. The van der Waals surface area contributed by atoms with E-state index in [2.05, 4.69) is 20.9 Å². The summed E-state index contributed by atoms with van der Waals surface area (Å²) in [6, 6.07) is 16.0. The molecule has 0 fully saturated rings. The van der Waals surface area contributed by atoms with Crippen LogP contribution in [-0.2, 0) is 16.0 Å². The van der Waals surface area contributed by atoms with E-state index in [1.807, 2.05) is 48.5 Å². The number of esters is 1. The first-order valence-electron chi connectivity index (χ1n) is 6.89. The maximum absolute atomic E-state index is 11.7. The number of hydrogen-bond donors (Lipinski definition) is 0. The van der Waals surface area contributed by atoms with Crippen LogP contribution in [0.4, 0.5) is 0 Å². The molecule has 3 aromatic rings. The standard InChI is InChI=1S/C18H14BrNO2/c1-22-16(21)10-13-11-20-18-14(8-5-9-15(18)19)17(13)12-6-3-2-4-7-12/h2-9,11H,10H2,1H3. The highest BCUT2D eigenvalue weighted by molar-refractivity contribution is 9.10. The highest BCUT2D eigenvalue weighted by Gasteiger charge is 2.15. The lowest BCUT2D eigenvalue weighted by Crippen LogP contribution is -2.06. The molecule has 0 amide bonds. The second-order valence-electron chi connectivity index (χ2n) is 4.91. The van der Waals surface area contributed by atoms with Crippen molar-refractivity contribution in [1.82, 2.24) is 4.98 Å². The lowest BCUT2D eigenvalue weighted by atomic mass is 9.95. The Morgan fingerprint density at radius 3 is 2.64 bits per heavy atom. The first-order chi connectivity index (χ1) is 10.7. The number of nitrogens with zero attached hydrogens (tertiary/aromatic N) is 1. The fourth-order valence-electron chi connectivity index (χ4n) is 2.54. The highest BCUT2D eigenvalue weighted by atomic mass is 79.9. The number of pyridine rings is 1. The maximum atomic E-state index is 11.7. The summed E-state index contributed by atoms with van der Waals surface area (Å²) in [7, 11) is 1.40. The Labute approximate surface area is 137 Å². The fourth-order valence-corrected chi connectivity index (χ4v) is 3.00. The summed E-state index contributed by atoms with van der Waals surface area (Å²) < 4.78 is 5.74. The second kappa shape index (κ2) is 6.28. The number of methoxy groups -OCH3 is 1. The summed E-state index contributed by atoms with van der Waals surface area (Å²) >= 11 is 3.54. The zero-order valence-electron chi connectivity index (χ0n) is 12.0. The molecule has 0 saturated carbocycles. The summed E-state index contributed by atoms with van der Waals surface area (Å²) in [5.74, 6) is -0.270. The molecule has 110 valence electrons. The van der Waals surface area contributed by atoms with E-state index in [1.165, 1.54) is 7.11 Å². The first-order valence-corrected chi connectivity index (χ1v) is 7.68. The van der Waals surface area contributed by atoms with Gasteiger partial charge in [0.15, 0.2) is 0 Å². The smallest absolute Gasteiger partial charge is 0.310 e. The number of carbonyl (C=O) groups excluding carboxylic acids is 1. The third-order valence-electron chi connectivity index (χ3n) is 3.55. The van der Waals surface area contributed by atoms with Crippen LogP contribution < -0.4 is 0 Å². The van der Waals surface area contributed by atoms with Crippen molar-refractivity contribution in [3.05, 3.63) is 64.8 Å². The predicted molar refractivity (Wildman–Crippen MR) is 90.6 cm³/mol. The molecular weight excluding hydrogens is 342 g/mol. The molecule has 4 heteroatoms. The summed E-state index contributed by atoms with van der Waals surface area (Å²) in [5.41, 5.74) is 3.84. The van der Waals surface area contributed by atoms with Gasteiger partial charge in [0.1, 0.15) is 0 Å². The summed E-state index contributed by atoms with van der Waals surface area (Å²) in [6.07, 6.45) is 1.96. The van der Waals surface area contributed by atoms with Gasteiger partial charge in [0, 0.05) is 16.1 Å². The third kappa shape index (κ3) is 2.74. The average Bonchev–Trinajstić information content (AvgIpc) is 2.55. The van der Waals surface area contributed by atoms with Crippen LogP contribution in [0, 0.1) is 0 Å². The van der Waals surface area contributed by atoms with Gasteiger partial charge in [0.2, 0.25) is 0 Å². The van der Waals surface area contributed by atoms with Gasteiger partial charge in [-0.25, -0.2) is 0 Å². The van der Waals surface area contributed by atoms with E-state index in [0.717, 1.165) is 32.1 Å². The van der Waals surface area contributed by atoms with Crippen LogP contribution in [0.3, 0.4) is 0 Å². The number of ether oxygens (including phenoxy) is 1. The fraction of sp³-hybridized carbons (Fsp3) is 0.111. The Morgan fingerprint density at radius 2 is 1.91 bits per heavy atom. The van der Waals surface area contributed by atoms with Gasteiger partial charge in [-0.05, 0) is 38.7 Å². The molecule has 0 unspecified atom stereocenters. The third-order valence-corrected chi connectivity index (χ3v) is 4.19. The van der Waals surface area contributed by atoms with Gasteiger partial charge in [0.25, 0.3) is 0 Å². The Morgan fingerprint density at radius 1 is 1.14 bits per heavy atom. The lowest BCUT2D eigenvalue weighted by molar-refractivity contribution is -0.139. The molecule has 0 saturated heterocycles. The molecule has 3 nitrogen and oxygen atoms in total. The molecular formula is C18H14BrNO2. The van der Waals surface area contributed by atoms with E-state index < -0.39 is 0 Å². The van der Waals surface area contributed by atoms with Crippen LogP contribution in [-0.4, -0.2) is 18.1 Å². The highest BCUT2D eigenvalue weighted by Crippen LogP contribution is 2.34. The summed E-state index contributed by atoms with van der Waals surface area (Å²) in [4.78, 5) is 16.2.